The summed E-state index contributed by atoms with van der Waals surface area (Å²) in [4.78, 5) is 0. The molecule has 21 heavy (non-hydrogen) atoms. The molecular formula is C13H17BrF3NO3. The number of nitrogens with one attached hydrogen (secondary N) is 1. The number of halogens is 4. The van der Waals surface area contributed by atoms with E-state index in [0.717, 1.165) is 12.1 Å². The summed E-state index contributed by atoms with van der Waals surface area (Å²) in [6.07, 6.45) is -4.35. The van der Waals surface area contributed by atoms with Gasteiger partial charge in [0.1, 0.15) is 12.4 Å². The number of alkyl halides is 3. The molecule has 1 aromatic rings. The van der Waals surface area contributed by atoms with Gasteiger partial charge in [0.05, 0.1) is 11.1 Å². The standard InChI is InChI=1S/C13H17BrF3NO3/c1-19-5-4-18-7-10-2-3-12(11(14)6-10)21-9-20-8-13(15,16)17/h2-3,6,18H,4-5,7-9H2,1H3. The Kier molecular flexibility index (Phi) is 8.02. The van der Waals surface area contributed by atoms with Crippen molar-refractivity contribution in [3.05, 3.63) is 28.2 Å². The Morgan fingerprint density at radius 2 is 2.05 bits per heavy atom. The molecule has 0 atom stereocenters. The maximum Gasteiger partial charge on any atom is 0.411 e. The third-order valence-corrected chi connectivity index (χ3v) is 2.99. The molecule has 1 aromatic carbocycles. The molecule has 1 rings (SSSR count). The Bertz CT molecular complexity index is 430. The van der Waals surface area contributed by atoms with Crippen molar-refractivity contribution < 1.29 is 27.4 Å². The van der Waals surface area contributed by atoms with Crippen molar-refractivity contribution in [2.24, 2.45) is 0 Å². The molecule has 0 aliphatic rings. The summed E-state index contributed by atoms with van der Waals surface area (Å²) >= 11 is 3.31. The van der Waals surface area contributed by atoms with Crippen LogP contribution in [-0.4, -0.2) is 39.8 Å². The van der Waals surface area contributed by atoms with Crippen LogP contribution in [0.4, 0.5) is 13.2 Å². The predicted molar refractivity (Wildman–Crippen MR) is 75.2 cm³/mol. The average molecular weight is 372 g/mol. The maximum atomic E-state index is 11.9. The van der Waals surface area contributed by atoms with Crippen LogP contribution in [0.5, 0.6) is 5.75 Å². The van der Waals surface area contributed by atoms with Gasteiger partial charge in [0, 0.05) is 20.2 Å². The van der Waals surface area contributed by atoms with Crippen LogP contribution in [0.3, 0.4) is 0 Å². The highest BCUT2D eigenvalue weighted by Gasteiger charge is 2.27. The second-order valence-electron chi connectivity index (χ2n) is 4.16. The summed E-state index contributed by atoms with van der Waals surface area (Å²) < 4.78 is 50.7. The van der Waals surface area contributed by atoms with Gasteiger partial charge in [-0.25, -0.2) is 0 Å². The molecule has 0 radical (unpaired) electrons. The molecule has 0 saturated heterocycles. The van der Waals surface area contributed by atoms with Crippen LogP contribution < -0.4 is 10.1 Å². The maximum absolute atomic E-state index is 11.9. The van der Waals surface area contributed by atoms with Gasteiger partial charge in [0.2, 0.25) is 0 Å². The van der Waals surface area contributed by atoms with Gasteiger partial charge in [0.25, 0.3) is 0 Å². The number of rotatable bonds is 9. The fraction of sp³-hybridized carbons (Fsp3) is 0.538. The van der Waals surface area contributed by atoms with E-state index < -0.39 is 19.6 Å². The van der Waals surface area contributed by atoms with Crippen molar-refractivity contribution in [1.29, 1.82) is 0 Å². The minimum absolute atomic E-state index is 0.429. The van der Waals surface area contributed by atoms with Crippen LogP contribution in [0, 0.1) is 0 Å². The molecule has 0 heterocycles. The molecule has 120 valence electrons. The fourth-order valence-electron chi connectivity index (χ4n) is 1.44. The Morgan fingerprint density at radius 1 is 1.29 bits per heavy atom. The van der Waals surface area contributed by atoms with Crippen molar-refractivity contribution in [1.82, 2.24) is 5.32 Å². The van der Waals surface area contributed by atoms with Gasteiger partial charge in [-0.3, -0.25) is 0 Å². The molecule has 0 aliphatic carbocycles. The summed E-state index contributed by atoms with van der Waals surface area (Å²) in [6.45, 7) is 0.235. The van der Waals surface area contributed by atoms with Crippen LogP contribution in [0.1, 0.15) is 5.56 Å². The zero-order valence-electron chi connectivity index (χ0n) is 11.5. The number of hydrogen-bond acceptors (Lipinski definition) is 4. The van der Waals surface area contributed by atoms with E-state index in [1.54, 1.807) is 13.2 Å². The first kappa shape index (κ1) is 18.2. The van der Waals surface area contributed by atoms with Gasteiger partial charge in [-0.1, -0.05) is 6.07 Å². The van der Waals surface area contributed by atoms with Gasteiger partial charge in [-0.2, -0.15) is 13.2 Å². The first-order valence-corrected chi connectivity index (χ1v) is 6.97. The van der Waals surface area contributed by atoms with Crippen molar-refractivity contribution >= 4 is 15.9 Å². The molecule has 0 saturated carbocycles. The zero-order chi connectivity index (χ0) is 15.7. The van der Waals surface area contributed by atoms with Gasteiger partial charge < -0.3 is 19.5 Å². The van der Waals surface area contributed by atoms with E-state index in [0.29, 0.717) is 23.4 Å². The van der Waals surface area contributed by atoms with E-state index in [-0.39, 0.29) is 0 Å². The third-order valence-electron chi connectivity index (χ3n) is 2.37. The molecule has 8 heteroatoms. The molecule has 1 N–H and O–H groups in total. The largest absolute Gasteiger partial charge is 0.466 e. The number of ether oxygens (including phenoxy) is 3. The Hall–Kier alpha value is -0.830. The molecule has 0 amide bonds. The summed E-state index contributed by atoms with van der Waals surface area (Å²) in [5, 5.41) is 3.18. The smallest absolute Gasteiger partial charge is 0.411 e. The summed E-state index contributed by atoms with van der Waals surface area (Å²) in [5.74, 6) is 0.429. The first-order chi connectivity index (χ1) is 9.92. The molecule has 0 fully saturated rings. The van der Waals surface area contributed by atoms with E-state index in [1.807, 2.05) is 12.1 Å². The Balaban J connectivity index is 2.36. The zero-order valence-corrected chi connectivity index (χ0v) is 13.1. The lowest BCUT2D eigenvalue weighted by atomic mass is 10.2. The van der Waals surface area contributed by atoms with Gasteiger partial charge in [0.15, 0.2) is 6.79 Å². The molecule has 4 nitrogen and oxygen atoms in total. The highest BCUT2D eigenvalue weighted by atomic mass is 79.9. The topological polar surface area (TPSA) is 39.7 Å². The molecule has 0 aliphatic heterocycles. The lowest BCUT2D eigenvalue weighted by Gasteiger charge is -2.11. The Labute approximate surface area is 129 Å². The summed E-state index contributed by atoms with van der Waals surface area (Å²) in [6, 6.07) is 5.33. The van der Waals surface area contributed by atoms with E-state index in [9.17, 15) is 13.2 Å². The monoisotopic (exact) mass is 371 g/mol. The minimum atomic E-state index is -4.35. The van der Waals surface area contributed by atoms with Crippen LogP contribution in [0.2, 0.25) is 0 Å². The molecule has 0 aromatic heterocycles. The average Bonchev–Trinajstić information content (AvgIpc) is 2.40. The molecule has 0 spiro atoms. The van der Waals surface area contributed by atoms with Crippen LogP contribution in [-0.2, 0) is 16.0 Å². The third kappa shape index (κ3) is 8.25. The molecule has 0 unspecified atom stereocenters. The van der Waals surface area contributed by atoms with Crippen LogP contribution in [0.15, 0.2) is 22.7 Å². The number of benzene rings is 1. The van der Waals surface area contributed by atoms with Gasteiger partial charge >= 0.3 is 6.18 Å². The first-order valence-electron chi connectivity index (χ1n) is 6.18. The van der Waals surface area contributed by atoms with E-state index in [4.69, 9.17) is 9.47 Å². The number of hydrogen-bond donors (Lipinski definition) is 1. The second kappa shape index (κ2) is 9.24. The van der Waals surface area contributed by atoms with Crippen LogP contribution >= 0.6 is 15.9 Å². The SMILES string of the molecule is COCCNCc1ccc(OCOCC(F)(F)F)c(Br)c1. The molecular weight excluding hydrogens is 355 g/mol. The molecule has 0 bridgehead atoms. The van der Waals surface area contributed by atoms with Crippen molar-refractivity contribution in [2.75, 3.05) is 33.7 Å². The highest BCUT2D eigenvalue weighted by Crippen LogP contribution is 2.26. The van der Waals surface area contributed by atoms with E-state index >= 15 is 0 Å². The highest BCUT2D eigenvalue weighted by molar-refractivity contribution is 9.10. The van der Waals surface area contributed by atoms with E-state index in [1.165, 1.54) is 0 Å². The van der Waals surface area contributed by atoms with Gasteiger partial charge in [-0.05, 0) is 33.6 Å². The summed E-state index contributed by atoms with van der Waals surface area (Å²) in [7, 11) is 1.63. The Morgan fingerprint density at radius 3 is 2.67 bits per heavy atom. The number of methoxy groups -OCH3 is 1. The van der Waals surface area contributed by atoms with Crippen LogP contribution in [0.25, 0.3) is 0 Å². The minimum Gasteiger partial charge on any atom is -0.466 e. The lowest BCUT2D eigenvalue weighted by Crippen LogP contribution is -2.19. The second-order valence-corrected chi connectivity index (χ2v) is 5.01. The lowest BCUT2D eigenvalue weighted by molar-refractivity contribution is -0.186. The van der Waals surface area contributed by atoms with Crippen molar-refractivity contribution in [3.8, 4) is 5.75 Å². The van der Waals surface area contributed by atoms with Crippen molar-refractivity contribution in [3.63, 3.8) is 0 Å². The summed E-state index contributed by atoms with van der Waals surface area (Å²) in [5.41, 5.74) is 1.02. The quantitative estimate of drug-likeness (QED) is 0.534. The normalized spacial score (nSPS) is 11.7. The van der Waals surface area contributed by atoms with Gasteiger partial charge in [-0.15, -0.1) is 0 Å². The fourth-order valence-corrected chi connectivity index (χ4v) is 1.98. The van der Waals surface area contributed by atoms with Crippen molar-refractivity contribution in [2.45, 2.75) is 12.7 Å². The van der Waals surface area contributed by atoms with E-state index in [2.05, 4.69) is 26.0 Å². The predicted octanol–water partition coefficient (Wildman–Crippen LogP) is 3.10.